The van der Waals surface area contributed by atoms with E-state index in [1.54, 1.807) is 17.0 Å². The third kappa shape index (κ3) is 3.58. The summed E-state index contributed by atoms with van der Waals surface area (Å²) in [6.07, 6.45) is 2.13. The fourth-order valence-electron chi connectivity index (χ4n) is 4.05. The first-order valence-corrected chi connectivity index (χ1v) is 9.31. The number of urea groups is 1. The first-order valence-electron chi connectivity index (χ1n) is 9.31. The molecule has 136 valence electrons. The van der Waals surface area contributed by atoms with Gasteiger partial charge in [0.05, 0.1) is 0 Å². The van der Waals surface area contributed by atoms with Crippen molar-refractivity contribution in [2.45, 2.75) is 25.4 Å². The van der Waals surface area contributed by atoms with Crippen LogP contribution in [0.15, 0.2) is 54.6 Å². The monoisotopic (exact) mass is 353 g/mol. The molecule has 0 radical (unpaired) electrons. The molecule has 4 nitrogen and oxygen atoms in total. The number of amides is 2. The van der Waals surface area contributed by atoms with Crippen molar-refractivity contribution >= 4 is 11.7 Å². The lowest BCUT2D eigenvalue weighted by molar-refractivity contribution is 0.122. The molecule has 0 N–H and O–H groups in total. The predicted molar refractivity (Wildman–Crippen MR) is 101 cm³/mol. The summed E-state index contributed by atoms with van der Waals surface area (Å²) in [6, 6.07) is 17.0. The SMILES string of the molecule is O=C1N(c2cccc(F)c2)CCN1C1CCCN(Cc2ccccc2)C1. The number of rotatable bonds is 4. The minimum Gasteiger partial charge on any atom is -0.318 e. The van der Waals surface area contributed by atoms with Gasteiger partial charge in [0.2, 0.25) is 0 Å². The van der Waals surface area contributed by atoms with Crippen LogP contribution in [0.1, 0.15) is 18.4 Å². The highest BCUT2D eigenvalue weighted by molar-refractivity contribution is 5.94. The highest BCUT2D eigenvalue weighted by Gasteiger charge is 2.36. The van der Waals surface area contributed by atoms with Gasteiger partial charge in [-0.15, -0.1) is 0 Å². The zero-order valence-electron chi connectivity index (χ0n) is 14.9. The van der Waals surface area contributed by atoms with Crippen LogP contribution in [-0.4, -0.2) is 48.1 Å². The Bertz CT molecular complexity index is 767. The van der Waals surface area contributed by atoms with Gasteiger partial charge in [-0.2, -0.15) is 0 Å². The van der Waals surface area contributed by atoms with Crippen molar-refractivity contribution in [3.05, 3.63) is 66.0 Å². The van der Waals surface area contributed by atoms with E-state index in [9.17, 15) is 9.18 Å². The van der Waals surface area contributed by atoms with Crippen LogP contribution in [0.5, 0.6) is 0 Å². The summed E-state index contributed by atoms with van der Waals surface area (Å²) in [5.74, 6) is -0.305. The van der Waals surface area contributed by atoms with Gasteiger partial charge in [-0.1, -0.05) is 36.4 Å². The van der Waals surface area contributed by atoms with Crippen molar-refractivity contribution in [2.75, 3.05) is 31.1 Å². The molecule has 2 aromatic carbocycles. The Morgan fingerprint density at radius 3 is 2.65 bits per heavy atom. The zero-order chi connectivity index (χ0) is 17.9. The molecule has 0 aromatic heterocycles. The molecule has 0 saturated carbocycles. The van der Waals surface area contributed by atoms with Crippen LogP contribution in [0.4, 0.5) is 14.9 Å². The number of anilines is 1. The van der Waals surface area contributed by atoms with Gasteiger partial charge in [0.1, 0.15) is 5.82 Å². The normalized spacial score (nSPS) is 21.4. The minimum absolute atomic E-state index is 0.00200. The van der Waals surface area contributed by atoms with Crippen LogP contribution in [-0.2, 0) is 6.54 Å². The van der Waals surface area contributed by atoms with Crippen molar-refractivity contribution in [2.24, 2.45) is 0 Å². The standard InChI is InChI=1S/C21H24FN3O/c22-18-8-4-9-19(14-18)24-12-13-25(21(24)26)20-10-5-11-23(16-20)15-17-6-2-1-3-7-17/h1-4,6-9,14,20H,5,10-13,15-16H2. The number of nitrogens with zero attached hydrogens (tertiary/aromatic N) is 3. The predicted octanol–water partition coefficient (Wildman–Crippen LogP) is 3.73. The molecule has 0 spiro atoms. The van der Waals surface area contributed by atoms with Crippen LogP contribution in [0, 0.1) is 5.82 Å². The number of hydrogen-bond acceptors (Lipinski definition) is 2. The van der Waals surface area contributed by atoms with Gasteiger partial charge in [0.15, 0.2) is 0 Å². The fraction of sp³-hybridized carbons (Fsp3) is 0.381. The van der Waals surface area contributed by atoms with Gasteiger partial charge in [-0.3, -0.25) is 9.80 Å². The van der Waals surface area contributed by atoms with E-state index >= 15 is 0 Å². The molecule has 2 heterocycles. The lowest BCUT2D eigenvalue weighted by atomic mass is 10.0. The van der Waals surface area contributed by atoms with E-state index in [-0.39, 0.29) is 17.9 Å². The smallest absolute Gasteiger partial charge is 0.318 e. The molecule has 2 fully saturated rings. The highest BCUT2D eigenvalue weighted by Crippen LogP contribution is 2.26. The average molecular weight is 353 g/mol. The molecule has 0 bridgehead atoms. The zero-order valence-corrected chi connectivity index (χ0v) is 14.9. The third-order valence-electron chi connectivity index (χ3n) is 5.33. The Kier molecular flexibility index (Phi) is 4.89. The molecular weight excluding hydrogens is 329 g/mol. The lowest BCUT2D eigenvalue weighted by Gasteiger charge is -2.37. The molecule has 2 amide bonds. The summed E-state index contributed by atoms with van der Waals surface area (Å²) >= 11 is 0. The summed E-state index contributed by atoms with van der Waals surface area (Å²) < 4.78 is 13.5. The van der Waals surface area contributed by atoms with E-state index in [1.807, 2.05) is 11.0 Å². The number of likely N-dealkylation sites (tertiary alicyclic amines) is 1. The van der Waals surface area contributed by atoms with E-state index in [1.165, 1.54) is 17.7 Å². The van der Waals surface area contributed by atoms with Crippen LogP contribution >= 0.6 is 0 Å². The Morgan fingerprint density at radius 2 is 1.85 bits per heavy atom. The molecule has 26 heavy (non-hydrogen) atoms. The maximum Gasteiger partial charge on any atom is 0.324 e. The first kappa shape index (κ1) is 17.0. The third-order valence-corrected chi connectivity index (χ3v) is 5.33. The molecule has 2 aliphatic heterocycles. The van der Waals surface area contributed by atoms with E-state index in [0.29, 0.717) is 18.8 Å². The second-order valence-electron chi connectivity index (χ2n) is 7.12. The summed E-state index contributed by atoms with van der Waals surface area (Å²) in [5.41, 5.74) is 1.96. The Hall–Kier alpha value is -2.40. The van der Waals surface area contributed by atoms with Crippen LogP contribution < -0.4 is 4.90 Å². The summed E-state index contributed by atoms with van der Waals surface area (Å²) in [5, 5.41) is 0. The van der Waals surface area contributed by atoms with Crippen LogP contribution in [0.25, 0.3) is 0 Å². The Morgan fingerprint density at radius 1 is 1.00 bits per heavy atom. The number of piperidine rings is 1. The van der Waals surface area contributed by atoms with Crippen molar-refractivity contribution in [1.29, 1.82) is 0 Å². The minimum atomic E-state index is -0.305. The summed E-state index contributed by atoms with van der Waals surface area (Å²) in [4.78, 5) is 19.0. The Balaban J connectivity index is 1.42. The second-order valence-corrected chi connectivity index (χ2v) is 7.12. The number of carbonyl (C=O) groups excluding carboxylic acids is 1. The first-order chi connectivity index (χ1) is 12.7. The maximum atomic E-state index is 13.5. The quantitative estimate of drug-likeness (QED) is 0.837. The van der Waals surface area contributed by atoms with Gasteiger partial charge in [0, 0.05) is 37.9 Å². The number of benzene rings is 2. The molecule has 0 aliphatic carbocycles. The average Bonchev–Trinajstić information content (AvgIpc) is 3.04. The van der Waals surface area contributed by atoms with E-state index < -0.39 is 0 Å². The van der Waals surface area contributed by atoms with Gasteiger partial charge >= 0.3 is 6.03 Å². The second kappa shape index (κ2) is 7.46. The van der Waals surface area contributed by atoms with E-state index in [4.69, 9.17) is 0 Å². The summed E-state index contributed by atoms with van der Waals surface area (Å²) in [7, 11) is 0. The number of hydrogen-bond donors (Lipinski definition) is 0. The van der Waals surface area contributed by atoms with Gasteiger partial charge < -0.3 is 4.90 Å². The molecule has 1 atom stereocenters. The molecule has 1 unspecified atom stereocenters. The largest absolute Gasteiger partial charge is 0.324 e. The van der Waals surface area contributed by atoms with Gasteiger partial charge in [0.25, 0.3) is 0 Å². The van der Waals surface area contributed by atoms with Crippen molar-refractivity contribution < 1.29 is 9.18 Å². The number of carbonyl (C=O) groups is 1. The van der Waals surface area contributed by atoms with Crippen molar-refractivity contribution in [1.82, 2.24) is 9.80 Å². The van der Waals surface area contributed by atoms with E-state index in [2.05, 4.69) is 29.2 Å². The fourth-order valence-corrected chi connectivity index (χ4v) is 4.05. The molecule has 2 aliphatic rings. The topological polar surface area (TPSA) is 26.8 Å². The molecule has 2 aromatic rings. The Labute approximate surface area is 153 Å². The molecule has 4 rings (SSSR count). The highest BCUT2D eigenvalue weighted by atomic mass is 19.1. The molecule has 5 heteroatoms. The molecular formula is C21H24FN3O. The maximum absolute atomic E-state index is 13.5. The summed E-state index contributed by atoms with van der Waals surface area (Å²) in [6.45, 7) is 4.22. The van der Waals surface area contributed by atoms with E-state index in [0.717, 1.165) is 32.5 Å². The van der Waals surface area contributed by atoms with Crippen molar-refractivity contribution in [3.8, 4) is 0 Å². The van der Waals surface area contributed by atoms with Gasteiger partial charge in [-0.25, -0.2) is 9.18 Å². The lowest BCUT2D eigenvalue weighted by Crippen LogP contribution is -2.49. The number of halogens is 1. The molecule has 2 saturated heterocycles. The van der Waals surface area contributed by atoms with Crippen LogP contribution in [0.3, 0.4) is 0 Å². The van der Waals surface area contributed by atoms with Crippen molar-refractivity contribution in [3.63, 3.8) is 0 Å². The van der Waals surface area contributed by atoms with Gasteiger partial charge in [-0.05, 0) is 43.1 Å². The van der Waals surface area contributed by atoms with Crippen LogP contribution in [0.2, 0.25) is 0 Å².